The van der Waals surface area contributed by atoms with Gasteiger partial charge in [-0.15, -0.1) is 0 Å². The van der Waals surface area contributed by atoms with Crippen molar-refractivity contribution < 1.29 is 19.0 Å². The molecule has 0 amide bonds. The third-order valence-electron chi connectivity index (χ3n) is 2.69. The Morgan fingerprint density at radius 1 is 1.22 bits per heavy atom. The van der Waals surface area contributed by atoms with E-state index in [9.17, 15) is 4.79 Å². The molecule has 1 atom stereocenters. The van der Waals surface area contributed by atoms with Gasteiger partial charge in [-0.25, -0.2) is 0 Å². The first kappa shape index (κ1) is 14.5. The third kappa shape index (κ3) is 3.74. The summed E-state index contributed by atoms with van der Waals surface area (Å²) in [5.74, 6) is 1.44. The van der Waals surface area contributed by atoms with Crippen LogP contribution >= 0.6 is 0 Å². The molecule has 0 radical (unpaired) electrons. The second-order valence-corrected chi connectivity index (χ2v) is 4.25. The lowest BCUT2D eigenvalue weighted by molar-refractivity contribution is 0.0917. The van der Waals surface area contributed by atoms with Gasteiger partial charge in [-0.05, 0) is 24.1 Å². The van der Waals surface area contributed by atoms with Crippen molar-refractivity contribution in [1.82, 2.24) is 0 Å². The second-order valence-electron chi connectivity index (χ2n) is 4.25. The maximum Gasteiger partial charge on any atom is 0.167 e. The van der Waals surface area contributed by atoms with Gasteiger partial charge in [0.1, 0.15) is 11.5 Å². The van der Waals surface area contributed by atoms with E-state index in [4.69, 9.17) is 14.2 Å². The summed E-state index contributed by atoms with van der Waals surface area (Å²) >= 11 is 0. The molecule has 0 heterocycles. The molecule has 0 aliphatic rings. The lowest BCUT2D eigenvalue weighted by Gasteiger charge is -2.12. The molecule has 0 aliphatic heterocycles. The van der Waals surface area contributed by atoms with Crippen LogP contribution in [0.5, 0.6) is 11.5 Å². The van der Waals surface area contributed by atoms with E-state index in [1.807, 2.05) is 6.92 Å². The first-order valence-corrected chi connectivity index (χ1v) is 5.86. The molecular formula is C14H20O4. The Balaban J connectivity index is 2.88. The molecule has 0 aliphatic carbocycles. The summed E-state index contributed by atoms with van der Waals surface area (Å²) in [7, 11) is 4.76. The summed E-state index contributed by atoms with van der Waals surface area (Å²) in [6.45, 7) is 2.55. The van der Waals surface area contributed by atoms with Gasteiger partial charge in [0, 0.05) is 20.1 Å². The van der Waals surface area contributed by atoms with E-state index in [1.165, 1.54) is 0 Å². The minimum Gasteiger partial charge on any atom is -0.497 e. The number of hydrogen-bond acceptors (Lipinski definition) is 4. The standard InChI is InChI=1S/C14H20O4/c1-10(9-16-2)7-13(15)12-8-11(17-3)5-6-14(12)18-4/h5-6,8,10H,7,9H2,1-4H3. The van der Waals surface area contributed by atoms with Crippen LogP contribution in [0.25, 0.3) is 0 Å². The number of ketones is 1. The summed E-state index contributed by atoms with van der Waals surface area (Å²) in [5.41, 5.74) is 0.555. The highest BCUT2D eigenvalue weighted by atomic mass is 16.5. The van der Waals surface area contributed by atoms with Crippen LogP contribution in [-0.2, 0) is 4.74 Å². The van der Waals surface area contributed by atoms with E-state index in [1.54, 1.807) is 39.5 Å². The van der Waals surface area contributed by atoms with Crippen molar-refractivity contribution in [2.75, 3.05) is 27.9 Å². The molecule has 1 aromatic rings. The summed E-state index contributed by atoms with van der Waals surface area (Å²) < 4.78 is 15.4. The van der Waals surface area contributed by atoms with Crippen molar-refractivity contribution in [1.29, 1.82) is 0 Å². The Morgan fingerprint density at radius 3 is 2.50 bits per heavy atom. The molecule has 18 heavy (non-hydrogen) atoms. The van der Waals surface area contributed by atoms with E-state index >= 15 is 0 Å². The van der Waals surface area contributed by atoms with Crippen molar-refractivity contribution in [3.8, 4) is 11.5 Å². The predicted molar refractivity (Wildman–Crippen MR) is 69.5 cm³/mol. The lowest BCUT2D eigenvalue weighted by atomic mass is 9.99. The summed E-state index contributed by atoms with van der Waals surface area (Å²) in [6.07, 6.45) is 0.428. The molecule has 0 saturated carbocycles. The Labute approximate surface area is 108 Å². The van der Waals surface area contributed by atoms with Crippen LogP contribution < -0.4 is 9.47 Å². The highest BCUT2D eigenvalue weighted by molar-refractivity contribution is 5.99. The number of rotatable bonds is 7. The average molecular weight is 252 g/mol. The molecule has 100 valence electrons. The van der Waals surface area contributed by atoms with Crippen LogP contribution in [-0.4, -0.2) is 33.7 Å². The van der Waals surface area contributed by atoms with E-state index in [0.717, 1.165) is 0 Å². The van der Waals surface area contributed by atoms with Gasteiger partial charge in [-0.3, -0.25) is 4.79 Å². The largest absolute Gasteiger partial charge is 0.497 e. The Morgan fingerprint density at radius 2 is 1.94 bits per heavy atom. The molecule has 4 nitrogen and oxygen atoms in total. The van der Waals surface area contributed by atoms with Crippen molar-refractivity contribution in [3.63, 3.8) is 0 Å². The number of carbonyl (C=O) groups is 1. The number of ether oxygens (including phenoxy) is 3. The zero-order valence-electron chi connectivity index (χ0n) is 11.4. The van der Waals surface area contributed by atoms with Crippen molar-refractivity contribution >= 4 is 5.78 Å². The minimum absolute atomic E-state index is 0.0373. The summed E-state index contributed by atoms with van der Waals surface area (Å²) in [4.78, 5) is 12.2. The minimum atomic E-state index is 0.0373. The SMILES string of the molecule is COCC(C)CC(=O)c1cc(OC)ccc1OC. The quantitative estimate of drug-likeness (QED) is 0.700. The van der Waals surface area contributed by atoms with Crippen LogP contribution in [0.3, 0.4) is 0 Å². The van der Waals surface area contributed by atoms with Gasteiger partial charge < -0.3 is 14.2 Å². The molecule has 1 aromatic carbocycles. The summed E-state index contributed by atoms with van der Waals surface area (Å²) in [5, 5.41) is 0. The van der Waals surface area contributed by atoms with Crippen molar-refractivity contribution in [2.45, 2.75) is 13.3 Å². The molecule has 0 aromatic heterocycles. The number of carbonyl (C=O) groups excluding carboxylic acids is 1. The maximum absolute atomic E-state index is 12.2. The summed E-state index contributed by atoms with van der Waals surface area (Å²) in [6, 6.07) is 5.22. The second kappa shape index (κ2) is 7.01. The van der Waals surface area contributed by atoms with Crippen LogP contribution in [0.4, 0.5) is 0 Å². The molecule has 1 rings (SSSR count). The van der Waals surface area contributed by atoms with Gasteiger partial charge in [0.15, 0.2) is 5.78 Å². The van der Waals surface area contributed by atoms with E-state index in [-0.39, 0.29) is 11.7 Å². The monoisotopic (exact) mass is 252 g/mol. The zero-order valence-corrected chi connectivity index (χ0v) is 11.4. The van der Waals surface area contributed by atoms with Gasteiger partial charge in [-0.1, -0.05) is 6.92 Å². The fraction of sp³-hybridized carbons (Fsp3) is 0.500. The van der Waals surface area contributed by atoms with Gasteiger partial charge in [0.25, 0.3) is 0 Å². The Bertz CT molecular complexity index is 401. The molecular weight excluding hydrogens is 232 g/mol. The van der Waals surface area contributed by atoms with E-state index in [0.29, 0.717) is 30.1 Å². The van der Waals surface area contributed by atoms with Gasteiger partial charge in [-0.2, -0.15) is 0 Å². The number of methoxy groups -OCH3 is 3. The van der Waals surface area contributed by atoms with Crippen molar-refractivity contribution in [3.05, 3.63) is 23.8 Å². The molecule has 0 N–H and O–H groups in total. The zero-order chi connectivity index (χ0) is 13.5. The maximum atomic E-state index is 12.2. The average Bonchev–Trinajstić information content (AvgIpc) is 2.38. The van der Waals surface area contributed by atoms with Crippen LogP contribution in [0.2, 0.25) is 0 Å². The molecule has 1 unspecified atom stereocenters. The fourth-order valence-electron chi connectivity index (χ4n) is 1.80. The molecule has 0 fully saturated rings. The van der Waals surface area contributed by atoms with Gasteiger partial charge >= 0.3 is 0 Å². The van der Waals surface area contributed by atoms with E-state index in [2.05, 4.69) is 0 Å². The molecule has 4 heteroatoms. The predicted octanol–water partition coefficient (Wildman–Crippen LogP) is 2.56. The highest BCUT2D eigenvalue weighted by Gasteiger charge is 2.16. The van der Waals surface area contributed by atoms with Gasteiger partial charge in [0.2, 0.25) is 0 Å². The third-order valence-corrected chi connectivity index (χ3v) is 2.69. The number of hydrogen-bond donors (Lipinski definition) is 0. The van der Waals surface area contributed by atoms with Crippen LogP contribution in [0.15, 0.2) is 18.2 Å². The number of benzene rings is 1. The van der Waals surface area contributed by atoms with E-state index < -0.39 is 0 Å². The smallest absolute Gasteiger partial charge is 0.167 e. The number of Topliss-reactive ketones (excluding diaryl/α,β-unsaturated/α-hetero) is 1. The Hall–Kier alpha value is -1.55. The van der Waals surface area contributed by atoms with Crippen molar-refractivity contribution in [2.24, 2.45) is 5.92 Å². The first-order valence-electron chi connectivity index (χ1n) is 5.86. The molecule has 0 saturated heterocycles. The highest BCUT2D eigenvalue weighted by Crippen LogP contribution is 2.26. The normalized spacial score (nSPS) is 12.0. The van der Waals surface area contributed by atoms with Crippen LogP contribution in [0.1, 0.15) is 23.7 Å². The fourth-order valence-corrected chi connectivity index (χ4v) is 1.80. The molecule has 0 bridgehead atoms. The first-order chi connectivity index (χ1) is 8.62. The lowest BCUT2D eigenvalue weighted by Crippen LogP contribution is -2.11. The van der Waals surface area contributed by atoms with Crippen LogP contribution in [0, 0.1) is 5.92 Å². The topological polar surface area (TPSA) is 44.8 Å². The Kier molecular flexibility index (Phi) is 5.65. The molecule has 0 spiro atoms. The van der Waals surface area contributed by atoms with Gasteiger partial charge in [0.05, 0.1) is 19.8 Å².